The molecule has 4 N–H and O–H groups in total. The van der Waals surface area contributed by atoms with E-state index in [1.807, 2.05) is 0 Å². The van der Waals surface area contributed by atoms with E-state index in [1.54, 1.807) is 0 Å². The minimum atomic E-state index is -4.66. The monoisotopic (exact) mass is 452 g/mol. The fourth-order valence-corrected chi connectivity index (χ4v) is 4.06. The molecule has 0 atom stereocenters. The second-order valence-corrected chi connectivity index (χ2v) is 8.77. The standard InChI is InChI=1S/C17H14N3O8S2/c1-28-10-2-4-13(16(8-10)30(25,26)27)19-20-14-5-3-11-12(17(14)21)6-9(18)7-15(11)29(22,23)24/h2-8,18,21H,1H3,(H,22,23,24)(H,25,26,27)/b20-19+. The lowest BCUT2D eigenvalue weighted by atomic mass is 10.1. The maximum absolute atomic E-state index is 11.6. The van der Waals surface area contributed by atoms with Gasteiger partial charge < -0.3 is 15.6 Å². The molecule has 0 unspecified atom stereocenters. The Morgan fingerprint density at radius 3 is 2.03 bits per heavy atom. The van der Waals surface area contributed by atoms with E-state index in [0.29, 0.717) is 0 Å². The van der Waals surface area contributed by atoms with Crippen molar-refractivity contribution < 1.29 is 35.8 Å². The Bertz CT molecular complexity index is 1400. The Morgan fingerprint density at radius 1 is 0.833 bits per heavy atom. The van der Waals surface area contributed by atoms with Gasteiger partial charge in [-0.25, -0.2) is 0 Å². The van der Waals surface area contributed by atoms with Crippen molar-refractivity contribution in [2.75, 3.05) is 7.11 Å². The van der Waals surface area contributed by atoms with E-state index in [0.717, 1.165) is 18.2 Å². The van der Waals surface area contributed by atoms with Crippen molar-refractivity contribution in [3.05, 3.63) is 42.5 Å². The number of phenolic OH excluding ortho intramolecular Hbond substituents is 1. The van der Waals surface area contributed by atoms with Crippen LogP contribution >= 0.6 is 0 Å². The number of ether oxygens (including phenoxy) is 1. The molecular formula is C17H14N3O8S2. The molecule has 0 aliphatic heterocycles. The fraction of sp³-hybridized carbons (Fsp3) is 0.0588. The molecule has 0 aliphatic carbocycles. The quantitative estimate of drug-likeness (QED) is 0.388. The van der Waals surface area contributed by atoms with Crippen LogP contribution in [0, 0.1) is 0 Å². The summed E-state index contributed by atoms with van der Waals surface area (Å²) in [6.07, 6.45) is 0. The summed E-state index contributed by atoms with van der Waals surface area (Å²) in [5.74, 6) is -0.395. The van der Waals surface area contributed by atoms with Crippen LogP contribution in [-0.2, 0) is 20.2 Å². The lowest BCUT2D eigenvalue weighted by Crippen LogP contribution is -1.99. The van der Waals surface area contributed by atoms with E-state index in [2.05, 4.69) is 10.2 Å². The molecule has 0 aromatic heterocycles. The van der Waals surface area contributed by atoms with Gasteiger partial charge in [-0.3, -0.25) is 9.11 Å². The van der Waals surface area contributed by atoms with E-state index >= 15 is 0 Å². The van der Waals surface area contributed by atoms with Crippen molar-refractivity contribution in [3.63, 3.8) is 0 Å². The van der Waals surface area contributed by atoms with E-state index < -0.39 is 35.8 Å². The van der Waals surface area contributed by atoms with Gasteiger partial charge in [-0.2, -0.15) is 16.8 Å². The van der Waals surface area contributed by atoms with Gasteiger partial charge in [-0.05, 0) is 30.3 Å². The largest absolute Gasteiger partial charge is 0.505 e. The van der Waals surface area contributed by atoms with Crippen LogP contribution in [0.5, 0.6) is 11.5 Å². The van der Waals surface area contributed by atoms with Crippen LogP contribution in [0.3, 0.4) is 0 Å². The van der Waals surface area contributed by atoms with Gasteiger partial charge >= 0.3 is 0 Å². The minimum absolute atomic E-state index is 0.0481. The van der Waals surface area contributed by atoms with Gasteiger partial charge in [0, 0.05) is 16.8 Å². The molecule has 0 bridgehead atoms. The average molecular weight is 452 g/mol. The predicted molar refractivity (Wildman–Crippen MR) is 105 cm³/mol. The number of benzene rings is 3. The summed E-state index contributed by atoms with van der Waals surface area (Å²) >= 11 is 0. The number of nitrogens with zero attached hydrogens (tertiary/aromatic N) is 2. The third kappa shape index (κ3) is 4.18. The van der Waals surface area contributed by atoms with Crippen LogP contribution in [0.15, 0.2) is 62.5 Å². The topological polar surface area (TPSA) is 187 Å². The van der Waals surface area contributed by atoms with Crippen molar-refractivity contribution in [2.24, 2.45) is 10.2 Å². The molecule has 3 rings (SSSR count). The Kier molecular flexibility index (Phi) is 5.38. The second kappa shape index (κ2) is 7.53. The first kappa shape index (κ1) is 21.4. The molecule has 0 saturated heterocycles. The number of hydrogen-bond acceptors (Lipinski definition) is 8. The van der Waals surface area contributed by atoms with Crippen LogP contribution in [0.1, 0.15) is 0 Å². The van der Waals surface area contributed by atoms with Gasteiger partial charge in [-0.1, -0.05) is 6.07 Å². The first-order valence-electron chi connectivity index (χ1n) is 7.98. The minimum Gasteiger partial charge on any atom is -0.505 e. The molecule has 0 heterocycles. The highest BCUT2D eigenvalue weighted by molar-refractivity contribution is 7.86. The molecule has 11 nitrogen and oxygen atoms in total. The number of methoxy groups -OCH3 is 1. The van der Waals surface area contributed by atoms with E-state index in [9.17, 15) is 31.0 Å². The summed E-state index contributed by atoms with van der Waals surface area (Å²) < 4.78 is 69.9. The number of nitrogens with one attached hydrogen (secondary N) is 1. The Morgan fingerprint density at radius 2 is 1.43 bits per heavy atom. The summed E-state index contributed by atoms with van der Waals surface area (Å²) in [6.45, 7) is 0. The summed E-state index contributed by atoms with van der Waals surface area (Å²) in [7, 11) is -8.01. The number of aromatic hydroxyl groups is 1. The highest BCUT2D eigenvalue weighted by atomic mass is 32.2. The molecule has 30 heavy (non-hydrogen) atoms. The third-order valence-corrected chi connectivity index (χ3v) is 5.81. The number of fused-ring (bicyclic) bond motifs is 1. The first-order valence-corrected chi connectivity index (χ1v) is 10.9. The Balaban J connectivity index is 2.16. The predicted octanol–water partition coefficient (Wildman–Crippen LogP) is 3.38. The zero-order chi connectivity index (χ0) is 22.3. The van der Waals surface area contributed by atoms with Gasteiger partial charge in [0.05, 0.1) is 12.8 Å². The molecule has 1 radical (unpaired) electrons. The van der Waals surface area contributed by atoms with Crippen LogP contribution in [0.25, 0.3) is 10.8 Å². The van der Waals surface area contributed by atoms with Crippen molar-refractivity contribution in [3.8, 4) is 11.5 Å². The van der Waals surface area contributed by atoms with Crippen molar-refractivity contribution in [1.29, 1.82) is 0 Å². The zero-order valence-corrected chi connectivity index (χ0v) is 16.8. The highest BCUT2D eigenvalue weighted by Gasteiger charge is 2.19. The molecule has 13 heteroatoms. The lowest BCUT2D eigenvalue weighted by molar-refractivity contribution is 0.412. The zero-order valence-electron chi connectivity index (χ0n) is 15.1. The van der Waals surface area contributed by atoms with E-state index in [-0.39, 0.29) is 33.6 Å². The second-order valence-electron chi connectivity index (χ2n) is 5.99. The lowest BCUT2D eigenvalue weighted by Gasteiger charge is -2.09. The van der Waals surface area contributed by atoms with Gasteiger partial charge in [0.2, 0.25) is 0 Å². The summed E-state index contributed by atoms with van der Waals surface area (Å²) in [5.41, 5.74) is 6.98. The summed E-state index contributed by atoms with van der Waals surface area (Å²) in [6, 6.07) is 8.16. The molecule has 3 aromatic rings. The van der Waals surface area contributed by atoms with Crippen LogP contribution in [0.2, 0.25) is 0 Å². The number of phenols is 1. The summed E-state index contributed by atoms with van der Waals surface area (Å²) in [5, 5.41) is 17.8. The van der Waals surface area contributed by atoms with Gasteiger partial charge in [-0.15, -0.1) is 10.2 Å². The fourth-order valence-electron chi connectivity index (χ4n) is 2.69. The molecule has 0 amide bonds. The number of rotatable bonds is 5. The van der Waals surface area contributed by atoms with Crippen molar-refractivity contribution >= 4 is 48.1 Å². The Labute approximate surface area is 170 Å². The van der Waals surface area contributed by atoms with Crippen molar-refractivity contribution in [1.82, 2.24) is 5.73 Å². The molecule has 3 aromatic carbocycles. The highest BCUT2D eigenvalue weighted by Crippen LogP contribution is 2.40. The molecular weight excluding hydrogens is 438 g/mol. The molecule has 0 aliphatic rings. The normalized spacial score (nSPS) is 12.5. The SMILES string of the molecule is COc1ccc(/N=N/c2ccc3c(S(=O)(=O)O)cc([NH])cc3c2O)c(S(=O)(=O)O)c1. The van der Waals surface area contributed by atoms with Gasteiger partial charge in [0.1, 0.15) is 26.9 Å². The number of azo groups is 1. The van der Waals surface area contributed by atoms with Crippen molar-refractivity contribution in [2.45, 2.75) is 9.79 Å². The maximum Gasteiger partial charge on any atom is 0.296 e. The maximum atomic E-state index is 11.6. The molecule has 0 saturated carbocycles. The molecule has 0 fully saturated rings. The molecule has 157 valence electrons. The third-order valence-electron chi connectivity index (χ3n) is 4.04. The smallest absolute Gasteiger partial charge is 0.296 e. The Hall–Kier alpha value is -3.26. The van der Waals surface area contributed by atoms with Crippen LogP contribution in [0.4, 0.5) is 17.1 Å². The van der Waals surface area contributed by atoms with Crippen LogP contribution in [-0.4, -0.2) is 38.2 Å². The van der Waals surface area contributed by atoms with Crippen LogP contribution < -0.4 is 10.5 Å². The van der Waals surface area contributed by atoms with E-state index in [1.165, 1.54) is 31.4 Å². The first-order chi connectivity index (χ1) is 13.9. The number of hydrogen-bond donors (Lipinski definition) is 3. The summed E-state index contributed by atoms with van der Waals surface area (Å²) in [4.78, 5) is -1.14. The van der Waals surface area contributed by atoms with Gasteiger partial charge in [0.15, 0.2) is 5.75 Å². The van der Waals surface area contributed by atoms with Gasteiger partial charge in [0.25, 0.3) is 20.2 Å². The molecule has 0 spiro atoms. The van der Waals surface area contributed by atoms with E-state index in [4.69, 9.17) is 10.5 Å². The average Bonchev–Trinajstić information content (AvgIpc) is 2.66.